The molecule has 0 unspecified atom stereocenters. The maximum absolute atomic E-state index is 13.4. The van der Waals surface area contributed by atoms with E-state index in [1.54, 1.807) is 41.3 Å². The second-order valence-electron chi connectivity index (χ2n) is 9.43. The van der Waals surface area contributed by atoms with Crippen molar-refractivity contribution in [2.75, 3.05) is 37.8 Å². The van der Waals surface area contributed by atoms with E-state index < -0.39 is 10.0 Å². The second kappa shape index (κ2) is 12.2. The molecule has 0 atom stereocenters. The average Bonchev–Trinajstić information content (AvgIpc) is 3.66. The minimum absolute atomic E-state index is 0.000656. The number of pyridine rings is 1. The Morgan fingerprint density at radius 1 is 1.14 bits per heavy atom. The standard InChI is InChI=1S/C28H29ClN6O6S/c1-18(36)34-12-9-19(10-13-34)21-16-20(29)17-30-22(21)11-15-42(37,38)33-28-32-31-27(25-8-5-14-41-25)35(28)26-23(39-2)6-4-7-24(26)40-3/h4-9,14,16-17H,10-13,15H2,1-3H3,(H,32,33). The number of nitrogens with zero attached hydrogens (tertiary/aromatic N) is 5. The van der Waals surface area contributed by atoms with Crippen LogP contribution in [0.2, 0.25) is 5.02 Å². The predicted octanol–water partition coefficient (Wildman–Crippen LogP) is 4.21. The monoisotopic (exact) mass is 612 g/mol. The number of sulfonamides is 1. The van der Waals surface area contributed by atoms with Crippen molar-refractivity contribution in [3.63, 3.8) is 0 Å². The normalized spacial score (nSPS) is 13.5. The lowest BCUT2D eigenvalue weighted by atomic mass is 9.97. The van der Waals surface area contributed by atoms with Crippen molar-refractivity contribution in [3.8, 4) is 28.8 Å². The third-order valence-corrected chi connectivity index (χ3v) is 8.26. The van der Waals surface area contributed by atoms with Gasteiger partial charge in [-0.15, -0.1) is 10.2 Å². The Hall–Kier alpha value is -4.36. The van der Waals surface area contributed by atoms with Gasteiger partial charge in [-0.2, -0.15) is 0 Å². The Labute approximate surface area is 248 Å². The molecule has 220 valence electrons. The molecular formula is C28H29ClN6O6S. The molecule has 0 radical (unpaired) electrons. The maximum atomic E-state index is 13.4. The number of nitrogens with one attached hydrogen (secondary N) is 1. The van der Waals surface area contributed by atoms with Crippen LogP contribution in [0.15, 0.2) is 59.4 Å². The number of amides is 1. The van der Waals surface area contributed by atoms with Crippen molar-refractivity contribution in [2.45, 2.75) is 19.8 Å². The Bertz CT molecular complexity index is 1710. The molecule has 0 spiro atoms. The predicted molar refractivity (Wildman–Crippen MR) is 157 cm³/mol. The van der Waals surface area contributed by atoms with Crippen LogP contribution >= 0.6 is 11.6 Å². The molecule has 1 aliphatic rings. The van der Waals surface area contributed by atoms with Crippen LogP contribution in [0, 0.1) is 0 Å². The van der Waals surface area contributed by atoms with E-state index in [2.05, 4.69) is 19.9 Å². The van der Waals surface area contributed by atoms with E-state index in [0.29, 0.717) is 53.2 Å². The zero-order chi connectivity index (χ0) is 29.9. The molecule has 0 bridgehead atoms. The zero-order valence-corrected chi connectivity index (χ0v) is 24.8. The first-order chi connectivity index (χ1) is 20.2. The first-order valence-corrected chi connectivity index (χ1v) is 15.0. The highest BCUT2D eigenvalue weighted by Crippen LogP contribution is 2.38. The van der Waals surface area contributed by atoms with Gasteiger partial charge in [-0.3, -0.25) is 19.1 Å². The van der Waals surface area contributed by atoms with Crippen LogP contribution in [0.4, 0.5) is 5.95 Å². The van der Waals surface area contributed by atoms with Crippen molar-refractivity contribution in [2.24, 2.45) is 0 Å². The van der Waals surface area contributed by atoms with Crippen molar-refractivity contribution in [1.29, 1.82) is 0 Å². The Balaban J connectivity index is 1.45. The Morgan fingerprint density at radius 2 is 1.90 bits per heavy atom. The quantitative estimate of drug-likeness (QED) is 0.279. The highest BCUT2D eigenvalue weighted by atomic mass is 35.5. The number of ether oxygens (including phenoxy) is 2. The summed E-state index contributed by atoms with van der Waals surface area (Å²) >= 11 is 6.25. The van der Waals surface area contributed by atoms with Crippen molar-refractivity contribution in [3.05, 3.63) is 71.2 Å². The van der Waals surface area contributed by atoms with E-state index in [1.165, 1.54) is 38.2 Å². The highest BCUT2D eigenvalue weighted by Gasteiger charge is 2.27. The van der Waals surface area contributed by atoms with Gasteiger partial charge in [0.2, 0.25) is 27.7 Å². The first kappa shape index (κ1) is 29.1. The maximum Gasteiger partial charge on any atom is 0.243 e. The first-order valence-electron chi connectivity index (χ1n) is 13.0. The number of carbonyl (C=O) groups excluding carboxylic acids is 1. The molecule has 0 saturated heterocycles. The molecule has 5 rings (SSSR count). The number of methoxy groups -OCH3 is 2. The van der Waals surface area contributed by atoms with Crippen LogP contribution in [0.25, 0.3) is 22.8 Å². The number of hydrogen-bond acceptors (Lipinski definition) is 9. The molecule has 4 aromatic rings. The lowest BCUT2D eigenvalue weighted by molar-refractivity contribution is -0.128. The molecule has 42 heavy (non-hydrogen) atoms. The topological polar surface area (TPSA) is 142 Å². The van der Waals surface area contributed by atoms with Crippen molar-refractivity contribution >= 4 is 39.1 Å². The van der Waals surface area contributed by atoms with Gasteiger partial charge in [0, 0.05) is 43.9 Å². The van der Waals surface area contributed by atoms with Gasteiger partial charge in [0.15, 0.2) is 5.76 Å². The Kier molecular flexibility index (Phi) is 8.50. The van der Waals surface area contributed by atoms with Crippen LogP contribution in [0.3, 0.4) is 0 Å². The summed E-state index contributed by atoms with van der Waals surface area (Å²) < 4.78 is 47.6. The number of aryl methyl sites for hydroxylation is 1. The number of benzene rings is 1. The summed E-state index contributed by atoms with van der Waals surface area (Å²) in [6.45, 7) is 2.56. The van der Waals surface area contributed by atoms with Crippen LogP contribution in [0.1, 0.15) is 24.6 Å². The summed E-state index contributed by atoms with van der Waals surface area (Å²) in [5, 5.41) is 8.79. The molecular weight excluding hydrogens is 584 g/mol. The zero-order valence-electron chi connectivity index (χ0n) is 23.2. The van der Waals surface area contributed by atoms with E-state index in [-0.39, 0.29) is 29.9 Å². The summed E-state index contributed by atoms with van der Waals surface area (Å²) in [6.07, 6.45) is 5.64. The smallest absolute Gasteiger partial charge is 0.243 e. The number of carbonyl (C=O) groups is 1. The van der Waals surface area contributed by atoms with Gasteiger partial charge in [0.05, 0.1) is 31.3 Å². The van der Waals surface area contributed by atoms with Crippen molar-refractivity contribution < 1.29 is 27.1 Å². The third kappa shape index (κ3) is 6.11. The van der Waals surface area contributed by atoms with Gasteiger partial charge in [0.25, 0.3) is 0 Å². The summed E-state index contributed by atoms with van der Waals surface area (Å²) in [6, 6.07) is 10.3. The molecule has 1 amide bonds. The summed E-state index contributed by atoms with van der Waals surface area (Å²) in [7, 11) is -0.976. The van der Waals surface area contributed by atoms with Crippen LogP contribution < -0.4 is 14.2 Å². The third-order valence-electron chi connectivity index (χ3n) is 6.82. The van der Waals surface area contributed by atoms with Crippen molar-refractivity contribution in [1.82, 2.24) is 24.6 Å². The fraction of sp³-hybridized carbons (Fsp3) is 0.286. The van der Waals surface area contributed by atoms with Crippen LogP contribution in [-0.4, -0.2) is 72.0 Å². The molecule has 1 N–H and O–H groups in total. The molecule has 3 aromatic heterocycles. The van der Waals surface area contributed by atoms with Crippen LogP contribution in [-0.2, 0) is 21.2 Å². The van der Waals surface area contributed by atoms with Gasteiger partial charge < -0.3 is 18.8 Å². The number of furan rings is 1. The number of anilines is 1. The van der Waals surface area contributed by atoms with Gasteiger partial charge in [-0.25, -0.2) is 8.42 Å². The molecule has 0 fully saturated rings. The molecule has 0 saturated carbocycles. The molecule has 14 heteroatoms. The molecule has 12 nitrogen and oxygen atoms in total. The summed E-state index contributed by atoms with van der Waals surface area (Å²) in [5.74, 6) is 1.04. The minimum Gasteiger partial charge on any atom is -0.494 e. The van der Waals surface area contributed by atoms with E-state index in [9.17, 15) is 13.2 Å². The largest absolute Gasteiger partial charge is 0.494 e. The molecule has 4 heterocycles. The van der Waals surface area contributed by atoms with Crippen LogP contribution in [0.5, 0.6) is 11.5 Å². The van der Waals surface area contributed by atoms with Gasteiger partial charge in [0.1, 0.15) is 17.2 Å². The summed E-state index contributed by atoms with van der Waals surface area (Å²) in [5.41, 5.74) is 2.70. The van der Waals surface area contributed by atoms with E-state index >= 15 is 0 Å². The molecule has 1 aliphatic heterocycles. The minimum atomic E-state index is -3.97. The number of para-hydroxylation sites is 1. The fourth-order valence-electron chi connectivity index (χ4n) is 4.75. The fourth-order valence-corrected chi connectivity index (χ4v) is 5.88. The average molecular weight is 613 g/mol. The number of hydrogen-bond donors (Lipinski definition) is 1. The number of rotatable bonds is 10. The van der Waals surface area contributed by atoms with E-state index in [4.69, 9.17) is 25.5 Å². The molecule has 1 aromatic carbocycles. The highest BCUT2D eigenvalue weighted by molar-refractivity contribution is 7.92. The SMILES string of the molecule is COc1cccc(OC)c1-n1c(NS(=O)(=O)CCc2ncc(Cl)cc2C2=CCN(C(C)=O)CC2)nnc1-c1ccco1. The van der Waals surface area contributed by atoms with Gasteiger partial charge in [-0.05, 0) is 42.3 Å². The second-order valence-corrected chi connectivity index (χ2v) is 11.7. The number of halogens is 1. The summed E-state index contributed by atoms with van der Waals surface area (Å²) in [4.78, 5) is 17.9. The molecule has 0 aliphatic carbocycles. The lowest BCUT2D eigenvalue weighted by Gasteiger charge is -2.26. The van der Waals surface area contributed by atoms with Gasteiger partial charge in [-0.1, -0.05) is 23.7 Å². The van der Waals surface area contributed by atoms with Gasteiger partial charge >= 0.3 is 0 Å². The van der Waals surface area contributed by atoms with E-state index in [1.807, 2.05) is 6.08 Å². The lowest BCUT2D eigenvalue weighted by Crippen LogP contribution is -2.32. The Morgan fingerprint density at radius 3 is 2.52 bits per heavy atom. The van der Waals surface area contributed by atoms with E-state index in [0.717, 1.165) is 11.1 Å². The number of aromatic nitrogens is 4.